The first-order valence-electron chi connectivity index (χ1n) is 20.0. The molecule has 0 N–H and O–H groups in total. The van der Waals surface area contributed by atoms with Crippen molar-refractivity contribution in [3.63, 3.8) is 0 Å². The Bertz CT molecular complexity index is 641. The predicted molar refractivity (Wildman–Crippen MR) is 205 cm³/mol. The third-order valence-corrected chi connectivity index (χ3v) is 8.78. The number of nitrogens with zero attached hydrogens (tertiary/aromatic N) is 1. The summed E-state index contributed by atoms with van der Waals surface area (Å²) in [7, 11) is 6.85. The molecule has 0 saturated carbocycles. The minimum Gasteiger partial charge on any atom is -1.00 e. The standard InChI is InChI=1S/C43H82NO.ClH/c1-6-8-10-12-14-16-18-20-22-24-26-28-30-32-34-36-39-43(45-42-38-41-44(3,4)5)40-37-35-33-31-29-27-25-23-21-19-17-15-13-11-9-7-2;/h14-17,20-23,43H,6-13,18-19,24-42H2,1-5H3;1H/q+1;/p-1/b16-14-,17-15-,22-20-,23-21-;. The molecule has 2 nitrogen and oxygen atoms in total. The van der Waals surface area contributed by atoms with Gasteiger partial charge in [-0.2, -0.15) is 0 Å². The molecule has 0 atom stereocenters. The number of hydrogen-bond donors (Lipinski definition) is 0. The number of unbranched alkanes of at least 4 members (excludes halogenated alkanes) is 18. The molecule has 0 unspecified atom stereocenters. The Kier molecular flexibility index (Phi) is 39.7. The Morgan fingerprint density at radius 3 is 1.15 bits per heavy atom. The summed E-state index contributed by atoms with van der Waals surface area (Å²) in [4.78, 5) is 0. The number of allylic oxidation sites excluding steroid dienone is 8. The molecule has 0 aliphatic rings. The SMILES string of the molecule is CCCCC/C=C\C/C=C\CCCCCCCCC(CCCCCCCC/C=C\C/C=C\CCCCC)OCCC[N+](C)(C)C.[Cl-]. The Balaban J connectivity index is 0. The van der Waals surface area contributed by atoms with Gasteiger partial charge in [0.2, 0.25) is 0 Å². The summed E-state index contributed by atoms with van der Waals surface area (Å²) in [6, 6.07) is 0. The van der Waals surface area contributed by atoms with E-state index in [1.54, 1.807) is 0 Å². The van der Waals surface area contributed by atoms with Crippen molar-refractivity contribution < 1.29 is 21.6 Å². The van der Waals surface area contributed by atoms with E-state index < -0.39 is 0 Å². The Hall–Kier alpha value is -0.830. The lowest BCUT2D eigenvalue weighted by atomic mass is 10.0. The van der Waals surface area contributed by atoms with Crippen LogP contribution >= 0.6 is 0 Å². The minimum atomic E-state index is 0. The number of halogens is 1. The van der Waals surface area contributed by atoms with Gasteiger partial charge in [-0.25, -0.2) is 0 Å². The molecule has 0 radical (unpaired) electrons. The second-order valence-electron chi connectivity index (χ2n) is 14.6. The molecule has 0 amide bonds. The fourth-order valence-corrected chi connectivity index (χ4v) is 5.82. The van der Waals surface area contributed by atoms with Crippen molar-refractivity contribution in [3.8, 4) is 0 Å². The van der Waals surface area contributed by atoms with Crippen LogP contribution in [0.1, 0.15) is 187 Å². The van der Waals surface area contributed by atoms with Crippen molar-refractivity contribution in [2.45, 2.75) is 193 Å². The molecule has 0 aromatic heterocycles. The lowest BCUT2D eigenvalue weighted by molar-refractivity contribution is -0.870. The molecule has 0 aromatic rings. The Morgan fingerprint density at radius 1 is 0.435 bits per heavy atom. The van der Waals surface area contributed by atoms with E-state index in [0.29, 0.717) is 6.10 Å². The molecule has 272 valence electrons. The minimum absolute atomic E-state index is 0. The molecular formula is C43H82ClNO. The van der Waals surface area contributed by atoms with Crippen molar-refractivity contribution in [2.75, 3.05) is 34.3 Å². The first kappa shape index (κ1) is 47.3. The van der Waals surface area contributed by atoms with Gasteiger partial charge in [-0.3, -0.25) is 0 Å². The highest BCUT2D eigenvalue weighted by Gasteiger charge is 2.11. The van der Waals surface area contributed by atoms with E-state index >= 15 is 0 Å². The third-order valence-electron chi connectivity index (χ3n) is 8.78. The second-order valence-corrected chi connectivity index (χ2v) is 14.6. The van der Waals surface area contributed by atoms with E-state index in [-0.39, 0.29) is 12.4 Å². The van der Waals surface area contributed by atoms with Gasteiger partial charge in [-0.1, -0.05) is 152 Å². The molecule has 0 spiro atoms. The van der Waals surface area contributed by atoms with Crippen LogP contribution in [0.25, 0.3) is 0 Å². The van der Waals surface area contributed by atoms with Gasteiger partial charge >= 0.3 is 0 Å². The van der Waals surface area contributed by atoms with E-state index in [2.05, 4.69) is 83.6 Å². The maximum Gasteiger partial charge on any atom is 0.0802 e. The van der Waals surface area contributed by atoms with Gasteiger partial charge in [-0.15, -0.1) is 0 Å². The summed E-state index contributed by atoms with van der Waals surface area (Å²) in [5.41, 5.74) is 0. The van der Waals surface area contributed by atoms with Crippen molar-refractivity contribution in [1.82, 2.24) is 0 Å². The highest BCUT2D eigenvalue weighted by molar-refractivity contribution is 4.93. The first-order chi connectivity index (χ1) is 22.0. The topological polar surface area (TPSA) is 9.23 Å². The molecule has 46 heavy (non-hydrogen) atoms. The van der Waals surface area contributed by atoms with Crippen LogP contribution in [0, 0.1) is 0 Å². The van der Waals surface area contributed by atoms with Gasteiger partial charge < -0.3 is 21.6 Å². The van der Waals surface area contributed by atoms with Gasteiger partial charge in [0.25, 0.3) is 0 Å². The smallest absolute Gasteiger partial charge is 0.0802 e. The monoisotopic (exact) mass is 664 g/mol. The predicted octanol–water partition coefficient (Wildman–Crippen LogP) is 10.9. The first-order valence-corrected chi connectivity index (χ1v) is 20.0. The van der Waals surface area contributed by atoms with E-state index in [1.165, 1.54) is 167 Å². The van der Waals surface area contributed by atoms with Gasteiger partial charge in [0, 0.05) is 6.42 Å². The van der Waals surface area contributed by atoms with Crippen molar-refractivity contribution in [2.24, 2.45) is 0 Å². The average Bonchev–Trinajstić information content (AvgIpc) is 3.01. The summed E-state index contributed by atoms with van der Waals surface area (Å²) in [5.74, 6) is 0. The highest BCUT2D eigenvalue weighted by Crippen LogP contribution is 2.18. The molecule has 0 aliphatic heterocycles. The zero-order valence-corrected chi connectivity index (χ0v) is 32.7. The Morgan fingerprint density at radius 2 is 0.783 bits per heavy atom. The zero-order chi connectivity index (χ0) is 32.9. The average molecular weight is 665 g/mol. The van der Waals surface area contributed by atoms with Crippen LogP contribution in [0.4, 0.5) is 0 Å². The zero-order valence-electron chi connectivity index (χ0n) is 31.9. The van der Waals surface area contributed by atoms with Crippen molar-refractivity contribution in [1.29, 1.82) is 0 Å². The fourth-order valence-electron chi connectivity index (χ4n) is 5.82. The molecule has 0 heterocycles. The fraction of sp³-hybridized carbons (Fsp3) is 0.814. The molecule has 0 aromatic carbocycles. The van der Waals surface area contributed by atoms with Gasteiger partial charge in [0.15, 0.2) is 0 Å². The van der Waals surface area contributed by atoms with Crippen LogP contribution < -0.4 is 12.4 Å². The molecule has 0 rings (SSSR count). The molecule has 0 bridgehead atoms. The van der Waals surface area contributed by atoms with Crippen LogP contribution in [0.15, 0.2) is 48.6 Å². The van der Waals surface area contributed by atoms with Crippen molar-refractivity contribution in [3.05, 3.63) is 48.6 Å². The summed E-state index contributed by atoms with van der Waals surface area (Å²) in [5, 5.41) is 0. The maximum atomic E-state index is 6.45. The molecule has 0 saturated heterocycles. The molecule has 0 aliphatic carbocycles. The van der Waals surface area contributed by atoms with Crippen molar-refractivity contribution >= 4 is 0 Å². The highest BCUT2D eigenvalue weighted by atomic mass is 35.5. The van der Waals surface area contributed by atoms with Crippen LogP contribution in [-0.2, 0) is 4.74 Å². The third kappa shape index (κ3) is 41.2. The summed E-state index contributed by atoms with van der Waals surface area (Å²) in [6.07, 6.45) is 54.8. The molecule has 3 heteroatoms. The van der Waals surface area contributed by atoms with E-state index in [9.17, 15) is 0 Å². The van der Waals surface area contributed by atoms with E-state index in [0.717, 1.165) is 23.9 Å². The van der Waals surface area contributed by atoms with Gasteiger partial charge in [-0.05, 0) is 77.0 Å². The Labute approximate surface area is 297 Å². The summed E-state index contributed by atoms with van der Waals surface area (Å²) < 4.78 is 7.48. The number of ether oxygens (including phenoxy) is 1. The lowest BCUT2D eigenvalue weighted by Gasteiger charge is -2.24. The quantitative estimate of drug-likeness (QED) is 0.0372. The maximum absolute atomic E-state index is 6.45. The van der Waals surface area contributed by atoms with Crippen LogP contribution in [-0.4, -0.2) is 44.9 Å². The van der Waals surface area contributed by atoms with Gasteiger partial charge in [0.1, 0.15) is 0 Å². The number of hydrogen-bond acceptors (Lipinski definition) is 1. The van der Waals surface area contributed by atoms with Crippen LogP contribution in [0.3, 0.4) is 0 Å². The summed E-state index contributed by atoms with van der Waals surface area (Å²) >= 11 is 0. The number of rotatable bonds is 35. The molecular weight excluding hydrogens is 582 g/mol. The summed E-state index contributed by atoms with van der Waals surface area (Å²) in [6.45, 7) is 6.68. The van der Waals surface area contributed by atoms with E-state index in [1.807, 2.05) is 0 Å². The second kappa shape index (κ2) is 38.6. The largest absolute Gasteiger partial charge is 1.00 e. The number of quaternary nitrogens is 1. The van der Waals surface area contributed by atoms with Crippen LogP contribution in [0.2, 0.25) is 0 Å². The van der Waals surface area contributed by atoms with Crippen LogP contribution in [0.5, 0.6) is 0 Å². The molecule has 0 fully saturated rings. The van der Waals surface area contributed by atoms with E-state index in [4.69, 9.17) is 4.74 Å². The van der Waals surface area contributed by atoms with Gasteiger partial charge in [0.05, 0.1) is 40.4 Å². The normalized spacial score (nSPS) is 12.6. The lowest BCUT2D eigenvalue weighted by Crippen LogP contribution is -3.00.